The number of nitriles is 1. The smallest absolute Gasteiger partial charge is 0.223 e. The molecule has 0 radical (unpaired) electrons. The summed E-state index contributed by atoms with van der Waals surface area (Å²) in [4.78, 5) is 16.4. The third kappa shape index (κ3) is 2.92. The topological polar surface area (TPSA) is 87.0 Å². The maximum Gasteiger partial charge on any atom is 0.223 e. The lowest BCUT2D eigenvalue weighted by Crippen LogP contribution is -2.68. The molecule has 2 heterocycles. The number of nitrogens with zero attached hydrogens (tertiary/aromatic N) is 2. The average molecular weight is 358 g/mol. The van der Waals surface area contributed by atoms with Crippen LogP contribution in [0.4, 0.5) is 10.2 Å². The van der Waals surface area contributed by atoms with Crippen LogP contribution in [0.2, 0.25) is 0 Å². The number of carbonyl (C=O) groups is 1. The van der Waals surface area contributed by atoms with E-state index in [1.54, 1.807) is 0 Å². The summed E-state index contributed by atoms with van der Waals surface area (Å²) in [5, 5.41) is 15.3. The van der Waals surface area contributed by atoms with Gasteiger partial charge < -0.3 is 15.4 Å². The molecule has 1 aliphatic heterocycles. The number of pyridine rings is 1. The van der Waals surface area contributed by atoms with Crippen LogP contribution < -0.4 is 10.6 Å². The molecule has 6 nitrogen and oxygen atoms in total. The van der Waals surface area contributed by atoms with Gasteiger partial charge in [-0.2, -0.15) is 5.26 Å². The molecular formula is C19H23FN4O2. The number of carbonyl (C=O) groups excluding carboxylic acids is 1. The summed E-state index contributed by atoms with van der Waals surface area (Å²) in [7, 11) is 0. The molecule has 1 aromatic heterocycles. The second kappa shape index (κ2) is 6.51. The van der Waals surface area contributed by atoms with E-state index in [4.69, 9.17) is 10.00 Å². The fourth-order valence-electron chi connectivity index (χ4n) is 4.38. The van der Waals surface area contributed by atoms with Crippen LogP contribution in [0.1, 0.15) is 38.2 Å². The van der Waals surface area contributed by atoms with Crippen molar-refractivity contribution in [2.75, 3.05) is 18.5 Å². The van der Waals surface area contributed by atoms with E-state index >= 15 is 0 Å². The Labute approximate surface area is 152 Å². The van der Waals surface area contributed by atoms with Gasteiger partial charge in [-0.15, -0.1) is 0 Å². The highest BCUT2D eigenvalue weighted by atomic mass is 19.1. The fraction of sp³-hybridized carbons (Fsp3) is 0.632. The number of nitrogens with one attached hydrogen (secondary N) is 2. The Morgan fingerprint density at radius 3 is 2.73 bits per heavy atom. The fourth-order valence-corrected chi connectivity index (χ4v) is 4.38. The molecule has 2 aliphatic carbocycles. The predicted molar refractivity (Wildman–Crippen MR) is 92.6 cm³/mol. The minimum atomic E-state index is -0.523. The molecule has 0 bridgehead atoms. The van der Waals surface area contributed by atoms with Gasteiger partial charge >= 0.3 is 0 Å². The number of anilines is 1. The molecule has 1 aromatic rings. The van der Waals surface area contributed by atoms with Gasteiger partial charge in [-0.3, -0.25) is 4.79 Å². The molecule has 0 aromatic carbocycles. The van der Waals surface area contributed by atoms with Gasteiger partial charge in [0.05, 0.1) is 5.56 Å². The van der Waals surface area contributed by atoms with E-state index in [0.717, 1.165) is 25.7 Å². The number of rotatable bonds is 4. The molecule has 2 saturated carbocycles. The molecule has 1 amide bonds. The number of halogens is 1. The Morgan fingerprint density at radius 2 is 2.12 bits per heavy atom. The average Bonchev–Trinajstić information content (AvgIpc) is 3.39. The molecule has 4 atom stereocenters. The zero-order valence-electron chi connectivity index (χ0n) is 14.8. The predicted octanol–water partition coefficient (Wildman–Crippen LogP) is 2.21. The molecular weight excluding hydrogens is 335 g/mol. The molecule has 2 unspecified atom stereocenters. The third-order valence-corrected chi connectivity index (χ3v) is 6.33. The summed E-state index contributed by atoms with van der Waals surface area (Å²) in [5.74, 6) is 0.420. The lowest BCUT2D eigenvalue weighted by Gasteiger charge is -2.58. The molecule has 3 aliphatic rings. The summed E-state index contributed by atoms with van der Waals surface area (Å²) < 4.78 is 19.7. The molecule has 138 valence electrons. The molecule has 1 spiro atoms. The minimum absolute atomic E-state index is 0.0308. The van der Waals surface area contributed by atoms with Crippen molar-refractivity contribution in [2.45, 2.75) is 44.7 Å². The first-order valence-electron chi connectivity index (χ1n) is 9.24. The molecule has 7 heteroatoms. The maximum absolute atomic E-state index is 14.2. The van der Waals surface area contributed by atoms with Gasteiger partial charge in [-0.1, -0.05) is 6.92 Å². The van der Waals surface area contributed by atoms with Gasteiger partial charge in [-0.05, 0) is 37.7 Å². The summed E-state index contributed by atoms with van der Waals surface area (Å²) in [6.07, 6.45) is 4.74. The molecule has 26 heavy (non-hydrogen) atoms. The number of ether oxygens (including phenoxy) is 1. The largest absolute Gasteiger partial charge is 0.381 e. The lowest BCUT2D eigenvalue weighted by atomic mass is 9.56. The van der Waals surface area contributed by atoms with Crippen molar-refractivity contribution in [1.82, 2.24) is 10.3 Å². The van der Waals surface area contributed by atoms with Gasteiger partial charge in [0.2, 0.25) is 5.91 Å². The van der Waals surface area contributed by atoms with Gasteiger partial charge in [-0.25, -0.2) is 9.37 Å². The van der Waals surface area contributed by atoms with Crippen molar-refractivity contribution in [3.8, 4) is 6.07 Å². The summed E-state index contributed by atoms with van der Waals surface area (Å²) >= 11 is 0. The van der Waals surface area contributed by atoms with Crippen LogP contribution in [0.25, 0.3) is 0 Å². The molecule has 3 fully saturated rings. The quantitative estimate of drug-likeness (QED) is 0.862. The second-order valence-electron chi connectivity index (χ2n) is 7.83. The molecule has 4 rings (SSSR count). The first kappa shape index (κ1) is 17.2. The Hall–Kier alpha value is -2.20. The van der Waals surface area contributed by atoms with Crippen molar-refractivity contribution < 1.29 is 13.9 Å². The number of hydrogen-bond donors (Lipinski definition) is 2. The van der Waals surface area contributed by atoms with Crippen LogP contribution in [0, 0.1) is 34.4 Å². The monoisotopic (exact) mass is 358 g/mol. The highest BCUT2D eigenvalue weighted by Gasteiger charge is 2.57. The van der Waals surface area contributed by atoms with E-state index in [0.29, 0.717) is 19.1 Å². The van der Waals surface area contributed by atoms with Crippen molar-refractivity contribution in [2.24, 2.45) is 17.3 Å². The Morgan fingerprint density at radius 1 is 1.38 bits per heavy atom. The third-order valence-electron chi connectivity index (χ3n) is 6.33. The van der Waals surface area contributed by atoms with Crippen LogP contribution in [0.3, 0.4) is 0 Å². The van der Waals surface area contributed by atoms with E-state index in [9.17, 15) is 9.18 Å². The van der Waals surface area contributed by atoms with Gasteiger partial charge in [0, 0.05) is 42.8 Å². The van der Waals surface area contributed by atoms with Gasteiger partial charge in [0.1, 0.15) is 6.07 Å². The Balaban J connectivity index is 1.48. The second-order valence-corrected chi connectivity index (χ2v) is 7.83. The first-order valence-corrected chi connectivity index (χ1v) is 9.24. The standard InChI is InChI=1S/C19H23FN4O2/c1-11-6-13(11)18(25)24-16-8-15(19(16)2-4-26-5-3-19)23-17-14(20)7-12(9-21)10-22-17/h7,10-11,13,15-16H,2-6,8H2,1H3,(H,22,23)(H,24,25)/t11-,13-,15?,16?/m0/s1. The Bertz CT molecular complexity index is 756. The number of hydrogen-bond acceptors (Lipinski definition) is 5. The highest BCUT2D eigenvalue weighted by molar-refractivity contribution is 5.82. The van der Waals surface area contributed by atoms with E-state index in [2.05, 4.69) is 22.5 Å². The molecule has 2 N–H and O–H groups in total. The van der Waals surface area contributed by atoms with Crippen molar-refractivity contribution >= 4 is 11.7 Å². The SMILES string of the molecule is C[C@H]1C[C@@H]1C(=O)NC1CC(Nc2ncc(C#N)cc2F)C12CCOCC2. The van der Waals surface area contributed by atoms with Gasteiger partial charge in [0.25, 0.3) is 0 Å². The Kier molecular flexibility index (Phi) is 4.31. The van der Waals surface area contributed by atoms with E-state index in [1.165, 1.54) is 12.3 Å². The van der Waals surface area contributed by atoms with Crippen LogP contribution in [0.15, 0.2) is 12.3 Å². The van der Waals surface area contributed by atoms with Crippen LogP contribution in [-0.4, -0.2) is 36.2 Å². The van der Waals surface area contributed by atoms with Crippen LogP contribution in [-0.2, 0) is 9.53 Å². The van der Waals surface area contributed by atoms with Crippen molar-refractivity contribution in [3.63, 3.8) is 0 Å². The van der Waals surface area contributed by atoms with Crippen molar-refractivity contribution in [3.05, 3.63) is 23.6 Å². The van der Waals surface area contributed by atoms with E-state index in [1.807, 2.05) is 6.07 Å². The summed E-state index contributed by atoms with van der Waals surface area (Å²) in [6.45, 7) is 3.39. The highest BCUT2D eigenvalue weighted by Crippen LogP contribution is 2.51. The number of aromatic nitrogens is 1. The summed E-state index contributed by atoms with van der Waals surface area (Å²) in [6, 6.07) is 3.20. The van der Waals surface area contributed by atoms with Crippen LogP contribution in [0.5, 0.6) is 0 Å². The van der Waals surface area contributed by atoms with E-state index < -0.39 is 5.82 Å². The van der Waals surface area contributed by atoms with Gasteiger partial charge in [0.15, 0.2) is 11.6 Å². The minimum Gasteiger partial charge on any atom is -0.381 e. The normalized spacial score (nSPS) is 31.6. The first-order chi connectivity index (χ1) is 12.5. The zero-order chi connectivity index (χ0) is 18.3. The summed E-state index contributed by atoms with van der Waals surface area (Å²) in [5.41, 5.74) is 0.0692. The van der Waals surface area contributed by atoms with Crippen molar-refractivity contribution in [1.29, 1.82) is 5.26 Å². The maximum atomic E-state index is 14.2. The lowest BCUT2D eigenvalue weighted by molar-refractivity contribution is -0.129. The zero-order valence-corrected chi connectivity index (χ0v) is 14.8. The van der Waals surface area contributed by atoms with Crippen LogP contribution >= 0.6 is 0 Å². The molecule has 1 saturated heterocycles. The number of amides is 1. The van der Waals surface area contributed by atoms with E-state index in [-0.39, 0.29) is 40.7 Å².